The van der Waals surface area contributed by atoms with E-state index in [-0.39, 0.29) is 22.8 Å². The zero-order valence-corrected chi connectivity index (χ0v) is 24.5. The van der Waals surface area contributed by atoms with Gasteiger partial charge in [-0.3, -0.25) is 4.40 Å². The van der Waals surface area contributed by atoms with E-state index >= 15 is 0 Å². The van der Waals surface area contributed by atoms with Crippen molar-refractivity contribution in [2.24, 2.45) is 0 Å². The predicted octanol–water partition coefficient (Wildman–Crippen LogP) is 5.74. The van der Waals surface area contributed by atoms with Crippen LogP contribution in [0, 0.1) is 11.3 Å². The molecule has 1 atom stereocenters. The third-order valence-electron chi connectivity index (χ3n) is 8.79. The normalized spacial score (nSPS) is 18.1. The highest BCUT2D eigenvalue weighted by atomic mass is 19.3. The molecule has 0 aliphatic carbocycles. The molecule has 5 heterocycles. The van der Waals surface area contributed by atoms with Crippen molar-refractivity contribution >= 4 is 17.3 Å². The summed E-state index contributed by atoms with van der Waals surface area (Å²) in [6, 6.07) is 14.4. The van der Waals surface area contributed by atoms with Crippen LogP contribution in [0.5, 0.6) is 0 Å². The highest BCUT2D eigenvalue weighted by molar-refractivity contribution is 5.68. The first-order chi connectivity index (χ1) is 20.9. The number of hydrogen-bond donors (Lipinski definition) is 2. The fourth-order valence-electron chi connectivity index (χ4n) is 6.29. The van der Waals surface area contributed by atoms with Crippen molar-refractivity contribution in [2.45, 2.75) is 57.2 Å². The minimum absolute atomic E-state index is 0.124. The van der Waals surface area contributed by atoms with Crippen LogP contribution < -0.4 is 10.6 Å². The lowest BCUT2D eigenvalue weighted by atomic mass is 9.97. The number of pyridine rings is 1. The SMILES string of the molecule is C[C@H](Nc1ncc(C#N)c(-c2cnc3c(C(F)F)cccn23)n1)c1cccc(NC2CCN(C3CCN(C)CC3)CC2)c1. The fourth-order valence-corrected chi connectivity index (χ4v) is 6.29. The van der Waals surface area contributed by atoms with Gasteiger partial charge in [-0.25, -0.2) is 23.7 Å². The highest BCUT2D eigenvalue weighted by Crippen LogP contribution is 2.30. The zero-order chi connectivity index (χ0) is 29.9. The van der Waals surface area contributed by atoms with Crippen molar-refractivity contribution in [1.82, 2.24) is 29.2 Å². The van der Waals surface area contributed by atoms with Gasteiger partial charge in [0.05, 0.1) is 35.3 Å². The largest absolute Gasteiger partial charge is 0.382 e. The molecule has 1 aromatic carbocycles. The lowest BCUT2D eigenvalue weighted by Gasteiger charge is -2.41. The first kappa shape index (κ1) is 29.0. The molecule has 0 bridgehead atoms. The van der Waals surface area contributed by atoms with Crippen LogP contribution in [0.1, 0.15) is 61.8 Å². The number of halogens is 2. The van der Waals surface area contributed by atoms with Crippen molar-refractivity contribution in [3.05, 3.63) is 71.7 Å². The molecule has 2 N–H and O–H groups in total. The zero-order valence-electron chi connectivity index (χ0n) is 24.5. The molecule has 2 aliphatic heterocycles. The molecule has 43 heavy (non-hydrogen) atoms. The number of imidazole rings is 1. The second-order valence-electron chi connectivity index (χ2n) is 11.6. The maximum absolute atomic E-state index is 13.5. The van der Waals surface area contributed by atoms with Gasteiger partial charge in [-0.15, -0.1) is 0 Å². The van der Waals surface area contributed by atoms with Gasteiger partial charge in [0.1, 0.15) is 17.4 Å². The van der Waals surface area contributed by atoms with E-state index in [1.54, 1.807) is 6.20 Å². The third-order valence-corrected chi connectivity index (χ3v) is 8.79. The summed E-state index contributed by atoms with van der Waals surface area (Å²) in [6.07, 6.45) is 6.69. The van der Waals surface area contributed by atoms with E-state index in [2.05, 4.69) is 66.7 Å². The summed E-state index contributed by atoms with van der Waals surface area (Å²) in [7, 11) is 2.21. The van der Waals surface area contributed by atoms with E-state index in [4.69, 9.17) is 0 Å². The summed E-state index contributed by atoms with van der Waals surface area (Å²) in [5.74, 6) is 0.334. The number of likely N-dealkylation sites (tertiary alicyclic amines) is 2. The van der Waals surface area contributed by atoms with Crippen molar-refractivity contribution in [2.75, 3.05) is 43.9 Å². The number of anilines is 2. The summed E-state index contributed by atoms with van der Waals surface area (Å²) in [4.78, 5) is 18.3. The molecule has 0 radical (unpaired) electrons. The molecule has 4 aromatic rings. The number of benzene rings is 1. The average Bonchev–Trinajstić information content (AvgIpc) is 3.46. The van der Waals surface area contributed by atoms with Gasteiger partial charge in [0.25, 0.3) is 6.43 Å². The number of hydrogen-bond acceptors (Lipinski definition) is 8. The highest BCUT2D eigenvalue weighted by Gasteiger charge is 2.27. The third kappa shape index (κ3) is 6.31. The number of nitrogens with zero attached hydrogens (tertiary/aromatic N) is 7. The lowest BCUT2D eigenvalue weighted by molar-refractivity contribution is 0.0994. The van der Waals surface area contributed by atoms with Crippen LogP contribution in [0.2, 0.25) is 0 Å². The van der Waals surface area contributed by atoms with Crippen LogP contribution in [-0.4, -0.2) is 74.5 Å². The predicted molar refractivity (Wildman–Crippen MR) is 163 cm³/mol. The van der Waals surface area contributed by atoms with Gasteiger partial charge in [0.15, 0.2) is 0 Å². The smallest absolute Gasteiger partial charge is 0.267 e. The van der Waals surface area contributed by atoms with Gasteiger partial charge in [-0.2, -0.15) is 5.26 Å². The van der Waals surface area contributed by atoms with E-state index in [0.717, 1.165) is 43.2 Å². The summed E-state index contributed by atoms with van der Waals surface area (Å²) < 4.78 is 28.6. The van der Waals surface area contributed by atoms with E-state index in [0.29, 0.717) is 23.4 Å². The molecule has 0 spiro atoms. The monoisotopic (exact) mass is 585 g/mol. The van der Waals surface area contributed by atoms with Crippen molar-refractivity contribution in [1.29, 1.82) is 5.26 Å². The van der Waals surface area contributed by atoms with Crippen LogP contribution in [0.25, 0.3) is 17.0 Å². The van der Waals surface area contributed by atoms with E-state index in [1.807, 2.05) is 13.0 Å². The number of rotatable bonds is 8. The van der Waals surface area contributed by atoms with E-state index < -0.39 is 6.43 Å². The molecule has 2 saturated heterocycles. The van der Waals surface area contributed by atoms with Gasteiger partial charge in [-0.05, 0) is 82.6 Å². The molecule has 224 valence electrons. The molecule has 2 aliphatic rings. The molecule has 0 unspecified atom stereocenters. The Labute approximate surface area is 250 Å². The van der Waals surface area contributed by atoms with Crippen LogP contribution >= 0.6 is 0 Å². The Hall–Kier alpha value is -4.14. The van der Waals surface area contributed by atoms with Crippen LogP contribution in [0.15, 0.2) is 55.0 Å². The number of fused-ring (bicyclic) bond motifs is 1. The van der Waals surface area contributed by atoms with Crippen molar-refractivity contribution in [3.8, 4) is 17.5 Å². The topological polar surface area (TPSA) is 97.4 Å². The standard InChI is InChI=1S/C32H37F2N9/c1-21(22-5-3-6-25(17-22)39-24-8-15-42(16-9-24)26-10-13-41(2)14-11-26)38-32-37-19-23(18-35)29(40-32)28-20-36-31-27(30(33)34)7-4-12-43(28)31/h3-7,12,17,19-21,24,26,30,39H,8-11,13-16H2,1-2H3,(H,37,38,40)/t21-/m0/s1. The number of piperidine rings is 2. The van der Waals surface area contributed by atoms with Crippen LogP contribution in [-0.2, 0) is 0 Å². The fraction of sp³-hybridized carbons (Fsp3) is 0.438. The summed E-state index contributed by atoms with van der Waals surface area (Å²) in [6.45, 7) is 6.69. The molecule has 0 amide bonds. The Morgan fingerprint density at radius 1 is 1.00 bits per heavy atom. The summed E-state index contributed by atoms with van der Waals surface area (Å²) in [5.41, 5.74) is 3.12. The molecule has 2 fully saturated rings. The van der Waals surface area contributed by atoms with Gasteiger partial charge in [-0.1, -0.05) is 12.1 Å². The van der Waals surface area contributed by atoms with Gasteiger partial charge in [0, 0.05) is 37.1 Å². The average molecular weight is 586 g/mol. The Balaban J connectivity index is 1.13. The molecular weight excluding hydrogens is 548 g/mol. The molecule has 0 saturated carbocycles. The van der Waals surface area contributed by atoms with Crippen molar-refractivity contribution < 1.29 is 8.78 Å². The van der Waals surface area contributed by atoms with Crippen LogP contribution in [0.4, 0.5) is 20.4 Å². The second kappa shape index (κ2) is 12.6. The summed E-state index contributed by atoms with van der Waals surface area (Å²) in [5, 5.41) is 16.8. The first-order valence-corrected chi connectivity index (χ1v) is 15.0. The Morgan fingerprint density at radius 2 is 1.79 bits per heavy atom. The lowest BCUT2D eigenvalue weighted by Crippen LogP contribution is -2.48. The second-order valence-corrected chi connectivity index (χ2v) is 11.6. The first-order valence-electron chi connectivity index (χ1n) is 15.0. The number of alkyl halides is 2. The van der Waals surface area contributed by atoms with E-state index in [1.165, 1.54) is 54.9 Å². The number of nitriles is 1. The molecular formula is C32H37F2N9. The Bertz CT molecular complexity index is 1600. The van der Waals surface area contributed by atoms with Gasteiger partial charge >= 0.3 is 0 Å². The minimum atomic E-state index is -2.67. The van der Waals surface area contributed by atoms with Gasteiger partial charge < -0.3 is 20.4 Å². The van der Waals surface area contributed by atoms with Gasteiger partial charge in [0.2, 0.25) is 5.95 Å². The van der Waals surface area contributed by atoms with E-state index in [9.17, 15) is 14.0 Å². The maximum Gasteiger partial charge on any atom is 0.267 e. The summed E-state index contributed by atoms with van der Waals surface area (Å²) >= 11 is 0. The Morgan fingerprint density at radius 3 is 2.53 bits per heavy atom. The quantitative estimate of drug-likeness (QED) is 0.270. The molecule has 3 aromatic heterocycles. The molecule has 6 rings (SSSR count). The minimum Gasteiger partial charge on any atom is -0.382 e. The number of nitrogens with one attached hydrogen (secondary N) is 2. The molecule has 9 nitrogen and oxygen atoms in total. The van der Waals surface area contributed by atoms with Crippen molar-refractivity contribution in [3.63, 3.8) is 0 Å². The molecule has 11 heteroatoms. The number of aromatic nitrogens is 4. The van der Waals surface area contributed by atoms with Crippen LogP contribution in [0.3, 0.4) is 0 Å². The maximum atomic E-state index is 13.5. The Kier molecular flexibility index (Phi) is 8.49.